The second kappa shape index (κ2) is 5.99. The summed E-state index contributed by atoms with van der Waals surface area (Å²) in [7, 11) is 0. The van der Waals surface area contributed by atoms with Crippen molar-refractivity contribution in [2.45, 2.75) is 0 Å². The molecule has 3 N–H and O–H groups in total. The lowest BCUT2D eigenvalue weighted by molar-refractivity contribution is 0.0696. The quantitative estimate of drug-likeness (QED) is 0.804. The number of nitrogens with one attached hydrogen (secondary N) is 1. The SMILES string of the molecule is O=C(O)c1ccc(NC(=O)c2cc(Cl)c(O)c(Cl)c2)nc1. The molecule has 1 heterocycles. The van der Waals surface area contributed by atoms with Crippen molar-refractivity contribution in [3.8, 4) is 5.75 Å². The van der Waals surface area contributed by atoms with Crippen molar-refractivity contribution in [1.29, 1.82) is 0 Å². The summed E-state index contributed by atoms with van der Waals surface area (Å²) in [6.07, 6.45) is 1.12. The predicted octanol–water partition coefficient (Wildman–Crippen LogP) is 3.04. The van der Waals surface area contributed by atoms with E-state index >= 15 is 0 Å². The van der Waals surface area contributed by atoms with Crippen molar-refractivity contribution in [2.24, 2.45) is 0 Å². The van der Waals surface area contributed by atoms with Crippen LogP contribution in [-0.2, 0) is 0 Å². The fourth-order valence-electron chi connectivity index (χ4n) is 1.48. The maximum absolute atomic E-state index is 12.0. The lowest BCUT2D eigenvalue weighted by Gasteiger charge is -2.07. The Bertz CT molecular complexity index is 694. The van der Waals surface area contributed by atoms with Gasteiger partial charge in [-0.15, -0.1) is 0 Å². The van der Waals surface area contributed by atoms with Crippen molar-refractivity contribution >= 4 is 40.9 Å². The second-order valence-electron chi connectivity index (χ2n) is 3.98. The Kier molecular flexibility index (Phi) is 4.30. The van der Waals surface area contributed by atoms with Crippen molar-refractivity contribution in [3.05, 3.63) is 51.6 Å². The van der Waals surface area contributed by atoms with Gasteiger partial charge in [0.1, 0.15) is 5.82 Å². The number of benzene rings is 1. The molecule has 108 valence electrons. The van der Waals surface area contributed by atoms with Gasteiger partial charge >= 0.3 is 5.97 Å². The third kappa shape index (κ3) is 3.42. The van der Waals surface area contributed by atoms with Gasteiger partial charge in [-0.1, -0.05) is 23.2 Å². The number of aromatic nitrogens is 1. The number of anilines is 1. The van der Waals surface area contributed by atoms with Gasteiger partial charge in [-0.2, -0.15) is 0 Å². The molecule has 0 aliphatic carbocycles. The molecule has 8 heteroatoms. The zero-order chi connectivity index (χ0) is 15.6. The van der Waals surface area contributed by atoms with Crippen LogP contribution in [0.5, 0.6) is 5.75 Å². The molecule has 6 nitrogen and oxygen atoms in total. The average Bonchev–Trinajstić information content (AvgIpc) is 2.44. The monoisotopic (exact) mass is 326 g/mol. The Morgan fingerprint density at radius 1 is 1.10 bits per heavy atom. The molecule has 0 aliphatic rings. The molecule has 0 radical (unpaired) electrons. The maximum Gasteiger partial charge on any atom is 0.337 e. The molecule has 1 amide bonds. The highest BCUT2D eigenvalue weighted by Crippen LogP contribution is 2.32. The van der Waals surface area contributed by atoms with Crippen molar-refractivity contribution in [2.75, 3.05) is 5.32 Å². The molecule has 0 saturated heterocycles. The van der Waals surface area contributed by atoms with Crippen molar-refractivity contribution in [1.82, 2.24) is 4.98 Å². The summed E-state index contributed by atoms with van der Waals surface area (Å²) in [6.45, 7) is 0. The van der Waals surface area contributed by atoms with Crippen LogP contribution in [-0.4, -0.2) is 27.1 Å². The number of rotatable bonds is 3. The zero-order valence-corrected chi connectivity index (χ0v) is 11.8. The van der Waals surface area contributed by atoms with Gasteiger partial charge < -0.3 is 15.5 Å². The minimum Gasteiger partial charge on any atom is -0.505 e. The number of amides is 1. The highest BCUT2D eigenvalue weighted by atomic mass is 35.5. The van der Waals surface area contributed by atoms with Gasteiger partial charge in [0.25, 0.3) is 5.91 Å². The summed E-state index contributed by atoms with van der Waals surface area (Å²) in [6, 6.07) is 5.17. The second-order valence-corrected chi connectivity index (χ2v) is 4.79. The number of hydrogen-bond acceptors (Lipinski definition) is 4. The summed E-state index contributed by atoms with van der Waals surface area (Å²) >= 11 is 11.5. The lowest BCUT2D eigenvalue weighted by Crippen LogP contribution is -2.13. The van der Waals surface area contributed by atoms with Crippen LogP contribution < -0.4 is 5.32 Å². The molecule has 1 aromatic heterocycles. The third-order valence-corrected chi connectivity index (χ3v) is 3.11. The molecule has 2 aromatic rings. The Balaban J connectivity index is 2.20. The van der Waals surface area contributed by atoms with E-state index in [1.165, 1.54) is 24.3 Å². The first-order valence-electron chi connectivity index (χ1n) is 5.57. The molecular weight excluding hydrogens is 319 g/mol. The number of carboxylic acid groups (broad SMARTS) is 1. The summed E-state index contributed by atoms with van der Waals surface area (Å²) < 4.78 is 0. The summed E-state index contributed by atoms with van der Waals surface area (Å²) in [5, 5.41) is 20.5. The molecule has 2 rings (SSSR count). The number of pyridine rings is 1. The number of aromatic carboxylic acids is 1. The van der Waals surface area contributed by atoms with E-state index in [9.17, 15) is 14.7 Å². The highest BCUT2D eigenvalue weighted by molar-refractivity contribution is 6.37. The largest absolute Gasteiger partial charge is 0.505 e. The first-order valence-corrected chi connectivity index (χ1v) is 6.33. The maximum atomic E-state index is 12.0. The molecule has 0 unspecified atom stereocenters. The number of carbonyl (C=O) groups is 2. The summed E-state index contributed by atoms with van der Waals surface area (Å²) in [4.78, 5) is 26.5. The van der Waals surface area contributed by atoms with Gasteiger partial charge in [0.2, 0.25) is 0 Å². The number of aromatic hydroxyl groups is 1. The fourth-order valence-corrected chi connectivity index (χ4v) is 1.97. The first-order chi connectivity index (χ1) is 9.88. The Hall–Kier alpha value is -2.31. The van der Waals surface area contributed by atoms with Crippen LogP contribution in [0.3, 0.4) is 0 Å². The number of phenolic OH excluding ortho intramolecular Hbond substituents is 1. The van der Waals surface area contributed by atoms with Crippen LogP contribution in [0.15, 0.2) is 30.5 Å². The fraction of sp³-hybridized carbons (Fsp3) is 0. The van der Waals surface area contributed by atoms with E-state index in [2.05, 4.69) is 10.3 Å². The van der Waals surface area contributed by atoms with E-state index in [4.69, 9.17) is 28.3 Å². The molecule has 0 atom stereocenters. The van der Waals surface area contributed by atoms with Crippen LogP contribution in [0.4, 0.5) is 5.82 Å². The standard InChI is InChI=1S/C13H8Cl2N2O4/c14-8-3-7(4-9(15)11(8)18)12(19)17-10-2-1-6(5-16-10)13(20)21/h1-5,18H,(H,20,21)(H,16,17,19). The topological polar surface area (TPSA) is 99.5 Å². The van der Waals surface area contributed by atoms with E-state index < -0.39 is 11.9 Å². The molecule has 1 aromatic carbocycles. The van der Waals surface area contributed by atoms with E-state index in [0.29, 0.717) is 0 Å². The number of nitrogens with zero attached hydrogens (tertiary/aromatic N) is 1. The van der Waals surface area contributed by atoms with Gasteiger partial charge in [-0.05, 0) is 24.3 Å². The minimum atomic E-state index is -1.11. The van der Waals surface area contributed by atoms with Gasteiger partial charge in [-0.3, -0.25) is 4.79 Å². The number of hydrogen-bond donors (Lipinski definition) is 3. The Morgan fingerprint density at radius 2 is 1.71 bits per heavy atom. The molecular formula is C13H8Cl2N2O4. The molecule has 0 spiro atoms. The van der Waals surface area contributed by atoms with Gasteiger partial charge in [0.05, 0.1) is 15.6 Å². The minimum absolute atomic E-state index is 0.00345. The van der Waals surface area contributed by atoms with Crippen LogP contribution in [0.25, 0.3) is 0 Å². The predicted molar refractivity (Wildman–Crippen MR) is 77.3 cm³/mol. The lowest BCUT2D eigenvalue weighted by atomic mass is 10.2. The average molecular weight is 327 g/mol. The number of carbonyl (C=O) groups excluding carboxylic acids is 1. The van der Waals surface area contributed by atoms with Crippen LogP contribution in [0.2, 0.25) is 10.0 Å². The van der Waals surface area contributed by atoms with Crippen LogP contribution >= 0.6 is 23.2 Å². The van der Waals surface area contributed by atoms with E-state index in [0.717, 1.165) is 6.20 Å². The number of phenols is 1. The molecule has 0 bridgehead atoms. The van der Waals surface area contributed by atoms with E-state index in [-0.39, 0.29) is 32.7 Å². The smallest absolute Gasteiger partial charge is 0.337 e. The highest BCUT2D eigenvalue weighted by Gasteiger charge is 2.13. The Morgan fingerprint density at radius 3 is 2.19 bits per heavy atom. The van der Waals surface area contributed by atoms with Gasteiger partial charge in [0, 0.05) is 11.8 Å². The van der Waals surface area contributed by atoms with E-state index in [1.54, 1.807) is 0 Å². The zero-order valence-electron chi connectivity index (χ0n) is 10.3. The van der Waals surface area contributed by atoms with Crippen molar-refractivity contribution < 1.29 is 19.8 Å². The normalized spacial score (nSPS) is 10.2. The Labute approximate surface area is 129 Å². The van der Waals surface area contributed by atoms with E-state index in [1.807, 2.05) is 0 Å². The van der Waals surface area contributed by atoms with Crippen LogP contribution in [0.1, 0.15) is 20.7 Å². The molecule has 0 aliphatic heterocycles. The van der Waals surface area contributed by atoms with Gasteiger partial charge in [0.15, 0.2) is 5.75 Å². The van der Waals surface area contributed by atoms with Crippen LogP contribution in [0, 0.1) is 0 Å². The summed E-state index contributed by atoms with van der Waals surface area (Å²) in [5.41, 5.74) is 0.135. The molecule has 0 fully saturated rings. The number of carboxylic acids is 1. The third-order valence-electron chi connectivity index (χ3n) is 2.53. The molecule has 21 heavy (non-hydrogen) atoms. The molecule has 0 saturated carbocycles. The first kappa shape index (κ1) is 15.1. The van der Waals surface area contributed by atoms with Crippen molar-refractivity contribution in [3.63, 3.8) is 0 Å². The summed E-state index contributed by atoms with van der Waals surface area (Å²) in [5.74, 6) is -1.80. The van der Waals surface area contributed by atoms with Gasteiger partial charge in [-0.25, -0.2) is 9.78 Å². The number of halogens is 2.